The molecular formula is C34H42F3N5O4S. The van der Waals surface area contributed by atoms with Gasteiger partial charge in [-0.15, -0.1) is 0 Å². The number of para-hydroxylation sites is 1. The van der Waals surface area contributed by atoms with Crippen molar-refractivity contribution in [1.29, 1.82) is 0 Å². The zero-order valence-corrected chi connectivity index (χ0v) is 27.6. The van der Waals surface area contributed by atoms with Crippen molar-refractivity contribution in [3.05, 3.63) is 42.2 Å². The van der Waals surface area contributed by atoms with E-state index in [-0.39, 0.29) is 23.3 Å². The highest BCUT2D eigenvalue weighted by atomic mass is 32.2. The third-order valence-electron chi connectivity index (χ3n) is 9.90. The molecular weight excluding hydrogens is 631 g/mol. The van der Waals surface area contributed by atoms with Crippen LogP contribution >= 0.6 is 0 Å². The molecule has 6 rings (SSSR count). The summed E-state index contributed by atoms with van der Waals surface area (Å²) >= 11 is 0. The maximum Gasteiger partial charge on any atom is 0.406 e. The highest BCUT2D eigenvalue weighted by molar-refractivity contribution is 7.90. The maximum atomic E-state index is 13.7. The lowest BCUT2D eigenvalue weighted by molar-refractivity contribution is -0.140. The largest absolute Gasteiger partial charge is 0.495 e. The average Bonchev–Trinajstić information content (AvgIpc) is 3.63. The fraction of sp³-hybridized carbons (Fsp3) is 0.559. The number of sulfone groups is 1. The number of imidazole rings is 1. The van der Waals surface area contributed by atoms with E-state index >= 15 is 0 Å². The highest BCUT2D eigenvalue weighted by Crippen LogP contribution is 2.41. The van der Waals surface area contributed by atoms with Crippen LogP contribution in [-0.2, 0) is 21.1 Å². The van der Waals surface area contributed by atoms with Crippen LogP contribution < -0.4 is 15.4 Å². The maximum absolute atomic E-state index is 13.7. The Balaban J connectivity index is 1.13. The Morgan fingerprint density at radius 3 is 2.51 bits per heavy atom. The van der Waals surface area contributed by atoms with Crippen LogP contribution in [0.25, 0.3) is 11.0 Å². The predicted octanol–water partition coefficient (Wildman–Crippen LogP) is 5.70. The van der Waals surface area contributed by atoms with E-state index < -0.39 is 22.6 Å². The molecule has 0 bridgehead atoms. The van der Waals surface area contributed by atoms with Gasteiger partial charge in [0.1, 0.15) is 17.8 Å². The van der Waals surface area contributed by atoms with Crippen molar-refractivity contribution in [2.45, 2.75) is 74.6 Å². The molecule has 3 heterocycles. The summed E-state index contributed by atoms with van der Waals surface area (Å²) in [5, 5.41) is 6.64. The molecule has 0 atom stereocenters. The SMILES string of the molecule is COc1cc(S(C)(=O)=O)ccc1NCC#Cc1nc2c(NC3CCC(N4CCC5(CCOC5)CC4)CC3)cccc2n1CC(F)(F)F. The van der Waals surface area contributed by atoms with Gasteiger partial charge in [-0.25, -0.2) is 13.4 Å². The van der Waals surface area contributed by atoms with Gasteiger partial charge in [0.25, 0.3) is 0 Å². The number of nitrogens with one attached hydrogen (secondary N) is 2. The Morgan fingerprint density at radius 2 is 1.85 bits per heavy atom. The predicted molar refractivity (Wildman–Crippen MR) is 176 cm³/mol. The number of hydrogen-bond acceptors (Lipinski definition) is 8. The van der Waals surface area contributed by atoms with Gasteiger partial charge in [-0.05, 0) is 93.6 Å². The molecule has 9 nitrogen and oxygen atoms in total. The first-order valence-corrected chi connectivity index (χ1v) is 18.1. The average molecular weight is 674 g/mol. The second-order valence-electron chi connectivity index (χ2n) is 13.1. The summed E-state index contributed by atoms with van der Waals surface area (Å²) in [5.41, 5.74) is 2.45. The Bertz CT molecular complexity index is 1740. The fourth-order valence-corrected chi connectivity index (χ4v) is 7.86. The first-order valence-electron chi connectivity index (χ1n) is 16.2. The van der Waals surface area contributed by atoms with Crippen LogP contribution in [0.4, 0.5) is 24.5 Å². The van der Waals surface area contributed by atoms with E-state index in [1.807, 2.05) is 6.07 Å². The number of methoxy groups -OCH3 is 1. The van der Waals surface area contributed by atoms with Crippen molar-refractivity contribution in [2.75, 3.05) is 56.8 Å². The van der Waals surface area contributed by atoms with Gasteiger partial charge in [0, 0.05) is 31.0 Å². The first-order chi connectivity index (χ1) is 22.4. The lowest BCUT2D eigenvalue weighted by Crippen LogP contribution is -2.47. The molecule has 0 radical (unpaired) electrons. The van der Waals surface area contributed by atoms with E-state index in [0.29, 0.717) is 39.6 Å². The van der Waals surface area contributed by atoms with Crippen LogP contribution in [0.2, 0.25) is 0 Å². The molecule has 3 fully saturated rings. The smallest absolute Gasteiger partial charge is 0.406 e. The number of anilines is 2. The van der Waals surface area contributed by atoms with Crippen molar-refractivity contribution in [2.24, 2.45) is 5.41 Å². The molecule has 0 unspecified atom stereocenters. The number of benzene rings is 2. The molecule has 1 spiro atoms. The number of piperidine rings is 1. The summed E-state index contributed by atoms with van der Waals surface area (Å²) in [5.74, 6) is 6.02. The van der Waals surface area contributed by atoms with E-state index in [0.717, 1.165) is 62.8 Å². The zero-order chi connectivity index (χ0) is 33.2. The molecule has 47 heavy (non-hydrogen) atoms. The van der Waals surface area contributed by atoms with E-state index in [4.69, 9.17) is 9.47 Å². The van der Waals surface area contributed by atoms with Gasteiger partial charge in [0.15, 0.2) is 15.7 Å². The van der Waals surface area contributed by atoms with Crippen LogP contribution in [-0.4, -0.2) is 87.3 Å². The number of aromatic nitrogens is 2. The van der Waals surface area contributed by atoms with E-state index in [1.54, 1.807) is 18.2 Å². The summed E-state index contributed by atoms with van der Waals surface area (Å²) in [6.45, 7) is 2.92. The van der Waals surface area contributed by atoms with Crippen molar-refractivity contribution in [1.82, 2.24) is 14.5 Å². The van der Waals surface area contributed by atoms with Gasteiger partial charge in [-0.3, -0.25) is 0 Å². The zero-order valence-electron chi connectivity index (χ0n) is 26.8. The standard InChI is InChI=1S/C34H42F3N5O4S/c1-45-30-21-26(47(2,43)44)12-13-27(30)38-17-4-7-31-40-32-28(5-3-6-29(32)42(31)22-34(35,36)37)39-24-8-10-25(11-9-24)41-18-14-33(15-19-41)16-20-46-23-33/h3,5-6,12-13,21,24-25,38-39H,8-11,14-20,22-23H2,1-2H3. The lowest BCUT2D eigenvalue weighted by atomic mass is 9.77. The lowest BCUT2D eigenvalue weighted by Gasteiger charge is -2.44. The molecule has 254 valence electrons. The third-order valence-corrected chi connectivity index (χ3v) is 11.0. The van der Waals surface area contributed by atoms with Gasteiger partial charge in [0.05, 0.1) is 42.0 Å². The molecule has 1 aliphatic carbocycles. The van der Waals surface area contributed by atoms with Crippen LogP contribution in [0.1, 0.15) is 50.8 Å². The minimum Gasteiger partial charge on any atom is -0.495 e. The number of ether oxygens (including phenoxy) is 2. The monoisotopic (exact) mass is 673 g/mol. The topological polar surface area (TPSA) is 97.7 Å². The van der Waals surface area contributed by atoms with Gasteiger partial charge < -0.3 is 29.6 Å². The number of hydrogen-bond donors (Lipinski definition) is 2. The fourth-order valence-electron chi connectivity index (χ4n) is 7.22. The quantitative estimate of drug-likeness (QED) is 0.294. The number of likely N-dealkylation sites (tertiary alicyclic amines) is 1. The molecule has 0 amide bonds. The Labute approximate surface area is 274 Å². The molecule has 2 saturated heterocycles. The van der Waals surface area contributed by atoms with E-state index in [9.17, 15) is 21.6 Å². The van der Waals surface area contributed by atoms with Gasteiger partial charge in [-0.1, -0.05) is 12.0 Å². The van der Waals surface area contributed by atoms with E-state index in [1.165, 1.54) is 38.5 Å². The molecule has 2 aromatic carbocycles. The first kappa shape index (κ1) is 33.4. The molecule has 13 heteroatoms. The van der Waals surface area contributed by atoms with Crippen LogP contribution in [0, 0.1) is 17.3 Å². The van der Waals surface area contributed by atoms with Crippen molar-refractivity contribution < 1.29 is 31.1 Å². The summed E-state index contributed by atoms with van der Waals surface area (Å²) < 4.78 is 77.0. The molecule has 1 aromatic heterocycles. The van der Waals surface area contributed by atoms with E-state index in [2.05, 4.69) is 32.4 Å². The molecule has 3 aromatic rings. The van der Waals surface area contributed by atoms with Crippen LogP contribution in [0.15, 0.2) is 41.3 Å². The molecule has 2 aliphatic heterocycles. The Kier molecular flexibility index (Phi) is 9.65. The summed E-state index contributed by atoms with van der Waals surface area (Å²) in [7, 11) is -2.00. The van der Waals surface area contributed by atoms with Gasteiger partial charge in [0.2, 0.25) is 0 Å². The van der Waals surface area contributed by atoms with Crippen molar-refractivity contribution in [3.63, 3.8) is 0 Å². The number of fused-ring (bicyclic) bond motifs is 1. The minimum atomic E-state index is -4.46. The summed E-state index contributed by atoms with van der Waals surface area (Å²) in [4.78, 5) is 7.35. The number of nitrogens with zero attached hydrogens (tertiary/aromatic N) is 3. The Hall–Kier alpha value is -3.47. The molecule has 3 aliphatic rings. The molecule has 2 N–H and O–H groups in total. The number of rotatable bonds is 8. The third kappa shape index (κ3) is 7.82. The van der Waals surface area contributed by atoms with Gasteiger partial charge in [-0.2, -0.15) is 13.2 Å². The van der Waals surface area contributed by atoms with Crippen molar-refractivity contribution >= 4 is 32.2 Å². The summed E-state index contributed by atoms with van der Waals surface area (Å²) in [6.07, 6.45) is 4.40. The normalized spacial score (nSPS) is 21.8. The molecule has 1 saturated carbocycles. The van der Waals surface area contributed by atoms with Crippen LogP contribution in [0.3, 0.4) is 0 Å². The minimum absolute atomic E-state index is 0.0204. The number of halogens is 3. The summed E-state index contributed by atoms with van der Waals surface area (Å²) in [6, 6.07) is 10.5. The van der Waals surface area contributed by atoms with Crippen molar-refractivity contribution in [3.8, 4) is 17.6 Å². The number of alkyl halides is 3. The second kappa shape index (κ2) is 13.6. The van der Waals surface area contributed by atoms with Crippen LogP contribution in [0.5, 0.6) is 5.75 Å². The Morgan fingerprint density at radius 1 is 1.09 bits per heavy atom. The second-order valence-corrected chi connectivity index (χ2v) is 15.1. The highest BCUT2D eigenvalue weighted by Gasteiger charge is 2.40. The van der Waals surface area contributed by atoms with Gasteiger partial charge >= 0.3 is 6.18 Å².